The standard InChI is InChI=1S/C28H35N3O6/c1-28(2,3)30-25(33)23-16-21(36-4)17-31(23)26(34)24(32)22(15-19-11-7-5-8-12-19)29-27(35)37-18-20-13-9-6-10-14-20/h5-14,21-23H,15-18H2,1-4H3,(H,29,35)(H,30,33)/t21-,22?,23+/m1/s1. The molecular formula is C28H35N3O6. The summed E-state index contributed by atoms with van der Waals surface area (Å²) in [4.78, 5) is 53.7. The minimum absolute atomic E-state index is 0.0174. The van der Waals surface area contributed by atoms with Gasteiger partial charge in [0.05, 0.1) is 6.10 Å². The highest BCUT2D eigenvalue weighted by Crippen LogP contribution is 2.22. The van der Waals surface area contributed by atoms with Crippen molar-refractivity contribution in [2.75, 3.05) is 13.7 Å². The second-order valence-corrected chi connectivity index (χ2v) is 10.1. The lowest BCUT2D eigenvalue weighted by molar-refractivity contribution is -0.148. The molecule has 9 heteroatoms. The Bertz CT molecular complexity index is 1080. The van der Waals surface area contributed by atoms with Gasteiger partial charge in [-0.2, -0.15) is 0 Å². The maximum absolute atomic E-state index is 13.5. The van der Waals surface area contributed by atoms with Crippen LogP contribution in [0.2, 0.25) is 0 Å². The molecule has 2 aromatic rings. The molecule has 0 aliphatic carbocycles. The molecule has 1 saturated heterocycles. The summed E-state index contributed by atoms with van der Waals surface area (Å²) >= 11 is 0. The van der Waals surface area contributed by atoms with Crippen molar-refractivity contribution in [2.24, 2.45) is 0 Å². The Morgan fingerprint density at radius 1 is 0.973 bits per heavy atom. The summed E-state index contributed by atoms with van der Waals surface area (Å²) in [6, 6.07) is 16.2. The molecule has 198 valence electrons. The summed E-state index contributed by atoms with van der Waals surface area (Å²) in [5.41, 5.74) is 1.03. The lowest BCUT2D eigenvalue weighted by Gasteiger charge is -2.28. The largest absolute Gasteiger partial charge is 0.445 e. The lowest BCUT2D eigenvalue weighted by Crippen LogP contribution is -2.55. The topological polar surface area (TPSA) is 114 Å². The third-order valence-corrected chi connectivity index (χ3v) is 5.97. The van der Waals surface area contributed by atoms with E-state index in [1.807, 2.05) is 69.3 Å². The number of carbonyl (C=O) groups excluding carboxylic acids is 4. The zero-order valence-electron chi connectivity index (χ0n) is 21.7. The first-order chi connectivity index (χ1) is 17.6. The van der Waals surface area contributed by atoms with E-state index in [2.05, 4.69) is 10.6 Å². The molecule has 0 spiro atoms. The number of ketones is 1. The van der Waals surface area contributed by atoms with Crippen molar-refractivity contribution >= 4 is 23.7 Å². The fourth-order valence-corrected chi connectivity index (χ4v) is 4.15. The van der Waals surface area contributed by atoms with Crippen LogP contribution in [0.15, 0.2) is 60.7 Å². The number of nitrogens with zero attached hydrogens (tertiary/aromatic N) is 1. The number of Topliss-reactive ketones (excluding diaryl/α,β-unsaturated/α-hetero) is 1. The van der Waals surface area contributed by atoms with Crippen molar-refractivity contribution in [1.29, 1.82) is 0 Å². The molecule has 1 heterocycles. The lowest BCUT2D eigenvalue weighted by atomic mass is 10.0. The maximum atomic E-state index is 13.5. The monoisotopic (exact) mass is 509 g/mol. The quantitative estimate of drug-likeness (QED) is 0.503. The molecular weight excluding hydrogens is 474 g/mol. The van der Waals surface area contributed by atoms with E-state index in [0.717, 1.165) is 11.1 Å². The summed E-state index contributed by atoms with van der Waals surface area (Å²) in [6.07, 6.45) is -0.840. The third kappa shape index (κ3) is 8.15. The van der Waals surface area contributed by atoms with Crippen LogP contribution in [0.3, 0.4) is 0 Å². The number of methoxy groups -OCH3 is 1. The van der Waals surface area contributed by atoms with Crippen molar-refractivity contribution in [3.63, 3.8) is 0 Å². The van der Waals surface area contributed by atoms with Crippen molar-refractivity contribution in [3.8, 4) is 0 Å². The van der Waals surface area contributed by atoms with Crippen LogP contribution in [0.1, 0.15) is 38.3 Å². The molecule has 37 heavy (non-hydrogen) atoms. The van der Waals surface area contributed by atoms with Crippen molar-refractivity contribution in [3.05, 3.63) is 71.8 Å². The number of alkyl carbamates (subject to hydrolysis) is 1. The Labute approximate surface area is 217 Å². The van der Waals surface area contributed by atoms with Crippen LogP contribution in [-0.4, -0.2) is 66.0 Å². The second-order valence-electron chi connectivity index (χ2n) is 10.1. The van der Waals surface area contributed by atoms with Crippen molar-refractivity contribution < 1.29 is 28.7 Å². The fourth-order valence-electron chi connectivity index (χ4n) is 4.15. The third-order valence-electron chi connectivity index (χ3n) is 5.97. The predicted octanol–water partition coefficient (Wildman–Crippen LogP) is 2.62. The number of likely N-dealkylation sites (tertiary alicyclic amines) is 1. The Balaban J connectivity index is 1.76. The molecule has 2 aromatic carbocycles. The molecule has 0 radical (unpaired) electrons. The minimum Gasteiger partial charge on any atom is -0.445 e. The summed E-state index contributed by atoms with van der Waals surface area (Å²) in [5.74, 6) is -2.04. The summed E-state index contributed by atoms with van der Waals surface area (Å²) < 4.78 is 10.7. The van der Waals surface area contributed by atoms with E-state index in [4.69, 9.17) is 9.47 Å². The molecule has 0 aromatic heterocycles. The van der Waals surface area contributed by atoms with Crippen LogP contribution in [0, 0.1) is 0 Å². The van der Waals surface area contributed by atoms with Gasteiger partial charge in [-0.25, -0.2) is 4.79 Å². The minimum atomic E-state index is -1.17. The molecule has 3 rings (SSSR count). The number of benzene rings is 2. The Kier molecular flexibility index (Phi) is 9.41. The normalized spacial score (nSPS) is 18.1. The van der Waals surface area contributed by atoms with E-state index in [0.29, 0.717) is 0 Å². The smallest absolute Gasteiger partial charge is 0.408 e. The molecule has 1 fully saturated rings. The van der Waals surface area contributed by atoms with Gasteiger partial charge in [-0.3, -0.25) is 14.4 Å². The van der Waals surface area contributed by atoms with Crippen LogP contribution in [0.4, 0.5) is 4.79 Å². The van der Waals surface area contributed by atoms with Gasteiger partial charge in [0.1, 0.15) is 18.7 Å². The first kappa shape index (κ1) is 27.9. The van der Waals surface area contributed by atoms with Crippen LogP contribution < -0.4 is 10.6 Å². The highest BCUT2D eigenvalue weighted by molar-refractivity contribution is 6.38. The number of rotatable bonds is 9. The molecule has 3 atom stereocenters. The highest BCUT2D eigenvalue weighted by Gasteiger charge is 2.44. The molecule has 9 nitrogen and oxygen atoms in total. The Hall–Kier alpha value is -3.72. The van der Waals surface area contributed by atoms with E-state index in [1.165, 1.54) is 12.0 Å². The fraction of sp³-hybridized carbons (Fsp3) is 0.429. The zero-order valence-corrected chi connectivity index (χ0v) is 21.7. The number of ether oxygens (including phenoxy) is 2. The highest BCUT2D eigenvalue weighted by atomic mass is 16.5. The van der Waals surface area contributed by atoms with Gasteiger partial charge in [-0.05, 0) is 31.9 Å². The average Bonchev–Trinajstić information content (AvgIpc) is 3.31. The first-order valence-electron chi connectivity index (χ1n) is 12.3. The number of hydrogen-bond donors (Lipinski definition) is 2. The van der Waals surface area contributed by atoms with E-state index in [9.17, 15) is 19.2 Å². The molecule has 0 bridgehead atoms. The van der Waals surface area contributed by atoms with Gasteiger partial charge in [0, 0.05) is 32.0 Å². The van der Waals surface area contributed by atoms with Gasteiger partial charge >= 0.3 is 6.09 Å². The number of hydrogen-bond acceptors (Lipinski definition) is 6. The van der Waals surface area contributed by atoms with Crippen LogP contribution in [-0.2, 0) is 36.9 Å². The zero-order chi connectivity index (χ0) is 27.0. The van der Waals surface area contributed by atoms with Crippen LogP contribution in [0.25, 0.3) is 0 Å². The van der Waals surface area contributed by atoms with E-state index in [-0.39, 0.29) is 38.0 Å². The molecule has 1 aliphatic rings. The molecule has 3 amide bonds. The van der Waals surface area contributed by atoms with Gasteiger partial charge < -0.3 is 25.0 Å². The average molecular weight is 510 g/mol. The van der Waals surface area contributed by atoms with Crippen LogP contribution in [0.5, 0.6) is 0 Å². The summed E-state index contributed by atoms with van der Waals surface area (Å²) in [7, 11) is 1.50. The second kappa shape index (κ2) is 12.5. The Morgan fingerprint density at radius 3 is 2.14 bits per heavy atom. The molecule has 0 saturated carbocycles. The maximum Gasteiger partial charge on any atom is 0.408 e. The first-order valence-corrected chi connectivity index (χ1v) is 12.3. The van der Waals surface area contributed by atoms with Gasteiger partial charge in [0.25, 0.3) is 5.91 Å². The van der Waals surface area contributed by atoms with Gasteiger partial charge in [-0.15, -0.1) is 0 Å². The van der Waals surface area contributed by atoms with Gasteiger partial charge in [0.2, 0.25) is 11.7 Å². The van der Waals surface area contributed by atoms with Gasteiger partial charge in [0.15, 0.2) is 0 Å². The van der Waals surface area contributed by atoms with Crippen molar-refractivity contribution in [2.45, 2.75) is 63.9 Å². The molecule has 2 N–H and O–H groups in total. The van der Waals surface area contributed by atoms with Gasteiger partial charge in [-0.1, -0.05) is 60.7 Å². The summed E-state index contributed by atoms with van der Waals surface area (Å²) in [6.45, 7) is 5.63. The molecule has 1 aliphatic heterocycles. The predicted molar refractivity (Wildman–Crippen MR) is 138 cm³/mol. The van der Waals surface area contributed by atoms with E-state index >= 15 is 0 Å². The summed E-state index contributed by atoms with van der Waals surface area (Å²) in [5, 5.41) is 5.43. The Morgan fingerprint density at radius 2 is 1.57 bits per heavy atom. The van der Waals surface area contributed by atoms with E-state index in [1.54, 1.807) is 12.1 Å². The number of carbonyl (C=O) groups is 4. The molecule has 1 unspecified atom stereocenters. The van der Waals surface area contributed by atoms with Crippen LogP contribution >= 0.6 is 0 Å². The number of amides is 3. The van der Waals surface area contributed by atoms with E-state index < -0.39 is 35.4 Å². The SMILES string of the molecule is CO[C@@H]1C[C@@H](C(=O)NC(C)(C)C)N(C(=O)C(=O)C(Cc2ccccc2)NC(=O)OCc2ccccc2)C1. The number of nitrogens with one attached hydrogen (secondary N) is 2. The van der Waals surface area contributed by atoms with Crippen molar-refractivity contribution in [1.82, 2.24) is 15.5 Å².